The second kappa shape index (κ2) is 4.16. The third kappa shape index (κ3) is 2.26. The molecule has 13 heavy (non-hydrogen) atoms. The van der Waals surface area contributed by atoms with E-state index < -0.39 is 0 Å². The van der Waals surface area contributed by atoms with E-state index in [1.807, 2.05) is 11.8 Å². The first-order chi connectivity index (χ1) is 6.36. The van der Waals surface area contributed by atoms with E-state index in [1.54, 1.807) is 0 Å². The van der Waals surface area contributed by atoms with Crippen LogP contribution in [0, 0.1) is 6.92 Å². The molecule has 2 heteroatoms. The molecule has 1 aromatic rings. The molecule has 1 nitrogen and oxygen atoms in total. The number of hydrogen-bond donors (Lipinski definition) is 1. The predicted molar refractivity (Wildman–Crippen MR) is 59.2 cm³/mol. The second-order valence-corrected chi connectivity index (χ2v) is 4.64. The number of aryl methyl sites for hydroxylation is 1. The van der Waals surface area contributed by atoms with Crippen LogP contribution in [0.3, 0.4) is 0 Å². The lowest BCUT2D eigenvalue weighted by Crippen LogP contribution is -2.30. The van der Waals surface area contributed by atoms with Gasteiger partial charge in [0.2, 0.25) is 0 Å². The normalized spacial score (nSPS) is 23.0. The zero-order valence-electron chi connectivity index (χ0n) is 7.92. The van der Waals surface area contributed by atoms with Crippen molar-refractivity contribution in [2.45, 2.75) is 13.0 Å². The van der Waals surface area contributed by atoms with E-state index in [4.69, 9.17) is 0 Å². The number of hydrogen-bond acceptors (Lipinski definition) is 2. The summed E-state index contributed by atoms with van der Waals surface area (Å²) in [6.07, 6.45) is 0. The second-order valence-electron chi connectivity index (χ2n) is 3.49. The molecule has 1 saturated heterocycles. The van der Waals surface area contributed by atoms with Gasteiger partial charge in [0, 0.05) is 24.1 Å². The third-order valence-electron chi connectivity index (χ3n) is 2.40. The van der Waals surface area contributed by atoms with Gasteiger partial charge in [-0.05, 0) is 12.5 Å². The third-order valence-corrected chi connectivity index (χ3v) is 3.46. The molecule has 2 rings (SSSR count). The van der Waals surface area contributed by atoms with Gasteiger partial charge >= 0.3 is 0 Å². The Bertz CT molecular complexity index is 262. The number of rotatable bonds is 1. The molecule has 1 N–H and O–H groups in total. The van der Waals surface area contributed by atoms with Crippen LogP contribution in [-0.4, -0.2) is 18.1 Å². The monoisotopic (exact) mass is 193 g/mol. The minimum atomic E-state index is 0.569. The summed E-state index contributed by atoms with van der Waals surface area (Å²) in [7, 11) is 0. The van der Waals surface area contributed by atoms with Crippen molar-refractivity contribution in [3.05, 3.63) is 35.4 Å². The Labute approximate surface area is 83.9 Å². The van der Waals surface area contributed by atoms with Crippen molar-refractivity contribution in [3.63, 3.8) is 0 Å². The molecule has 0 aliphatic carbocycles. The van der Waals surface area contributed by atoms with Crippen molar-refractivity contribution < 1.29 is 0 Å². The van der Waals surface area contributed by atoms with Crippen molar-refractivity contribution in [2.75, 3.05) is 18.1 Å². The van der Waals surface area contributed by atoms with Gasteiger partial charge in [-0.15, -0.1) is 0 Å². The van der Waals surface area contributed by atoms with Crippen LogP contribution >= 0.6 is 11.8 Å². The van der Waals surface area contributed by atoms with Gasteiger partial charge in [0.15, 0.2) is 0 Å². The molecule has 0 radical (unpaired) electrons. The highest BCUT2D eigenvalue weighted by molar-refractivity contribution is 7.99. The fraction of sp³-hybridized carbons (Fsp3) is 0.455. The van der Waals surface area contributed by atoms with E-state index >= 15 is 0 Å². The minimum Gasteiger partial charge on any atom is -0.308 e. The molecule has 0 unspecified atom stereocenters. The summed E-state index contributed by atoms with van der Waals surface area (Å²) in [5.41, 5.74) is 2.77. The van der Waals surface area contributed by atoms with Crippen LogP contribution in [0.15, 0.2) is 24.3 Å². The van der Waals surface area contributed by atoms with E-state index in [-0.39, 0.29) is 0 Å². The maximum atomic E-state index is 3.53. The highest BCUT2D eigenvalue weighted by Crippen LogP contribution is 2.21. The molecule has 1 heterocycles. The Morgan fingerprint density at radius 2 is 2.08 bits per heavy atom. The molecule has 1 atom stereocenters. The Morgan fingerprint density at radius 3 is 2.69 bits per heavy atom. The van der Waals surface area contributed by atoms with Gasteiger partial charge in [0.05, 0.1) is 0 Å². The van der Waals surface area contributed by atoms with Crippen LogP contribution in [0.25, 0.3) is 0 Å². The lowest BCUT2D eigenvalue weighted by Gasteiger charge is -2.23. The molecular weight excluding hydrogens is 178 g/mol. The Balaban J connectivity index is 2.10. The SMILES string of the molecule is Cc1ccc([C@H]2CSCCN2)cc1. The molecule has 1 aliphatic rings. The standard InChI is InChI=1S/C11H15NS/c1-9-2-4-10(5-3-9)11-8-13-7-6-12-11/h2-5,11-12H,6-8H2,1H3/t11-/m1/s1. The molecular formula is C11H15NS. The summed E-state index contributed by atoms with van der Waals surface area (Å²) in [6, 6.07) is 9.42. The maximum absolute atomic E-state index is 3.53. The number of benzene rings is 1. The largest absolute Gasteiger partial charge is 0.308 e. The predicted octanol–water partition coefficient (Wildman–Crippen LogP) is 2.37. The molecule has 0 aromatic heterocycles. The van der Waals surface area contributed by atoms with Crippen molar-refractivity contribution in [2.24, 2.45) is 0 Å². The van der Waals surface area contributed by atoms with E-state index in [1.165, 1.54) is 22.6 Å². The highest BCUT2D eigenvalue weighted by atomic mass is 32.2. The molecule has 0 bridgehead atoms. The summed E-state index contributed by atoms with van der Waals surface area (Å²) in [5, 5.41) is 3.53. The average Bonchev–Trinajstić information content (AvgIpc) is 2.20. The van der Waals surface area contributed by atoms with Crippen molar-refractivity contribution in [1.29, 1.82) is 0 Å². The van der Waals surface area contributed by atoms with Gasteiger partial charge in [-0.1, -0.05) is 29.8 Å². The fourth-order valence-electron chi connectivity index (χ4n) is 1.58. The quantitative estimate of drug-likeness (QED) is 0.735. The van der Waals surface area contributed by atoms with Crippen LogP contribution in [0.5, 0.6) is 0 Å². The van der Waals surface area contributed by atoms with Gasteiger partial charge in [-0.25, -0.2) is 0 Å². The first kappa shape index (κ1) is 9.10. The molecule has 0 spiro atoms. The lowest BCUT2D eigenvalue weighted by atomic mass is 10.1. The van der Waals surface area contributed by atoms with E-state index in [9.17, 15) is 0 Å². The molecule has 70 valence electrons. The summed E-state index contributed by atoms with van der Waals surface area (Å²) >= 11 is 2.04. The van der Waals surface area contributed by atoms with Gasteiger partial charge in [-0.3, -0.25) is 0 Å². The maximum Gasteiger partial charge on any atom is 0.0412 e. The molecule has 0 amide bonds. The van der Waals surface area contributed by atoms with Gasteiger partial charge in [0.25, 0.3) is 0 Å². The number of nitrogens with one attached hydrogen (secondary N) is 1. The fourth-order valence-corrected chi connectivity index (χ4v) is 2.55. The van der Waals surface area contributed by atoms with Crippen LogP contribution < -0.4 is 5.32 Å². The molecule has 1 aliphatic heterocycles. The average molecular weight is 193 g/mol. The lowest BCUT2D eigenvalue weighted by molar-refractivity contribution is 0.595. The Morgan fingerprint density at radius 1 is 1.31 bits per heavy atom. The minimum absolute atomic E-state index is 0.569. The van der Waals surface area contributed by atoms with Crippen molar-refractivity contribution in [3.8, 4) is 0 Å². The van der Waals surface area contributed by atoms with Gasteiger partial charge in [0.1, 0.15) is 0 Å². The first-order valence-corrected chi connectivity index (χ1v) is 5.89. The van der Waals surface area contributed by atoms with Gasteiger partial charge in [-0.2, -0.15) is 11.8 Å². The summed E-state index contributed by atoms with van der Waals surface area (Å²) in [5.74, 6) is 2.46. The van der Waals surface area contributed by atoms with Crippen LogP contribution in [-0.2, 0) is 0 Å². The Hall–Kier alpha value is -0.470. The van der Waals surface area contributed by atoms with Crippen LogP contribution in [0.1, 0.15) is 17.2 Å². The molecule has 1 aromatic carbocycles. The summed E-state index contributed by atoms with van der Waals surface area (Å²) in [4.78, 5) is 0. The van der Waals surface area contributed by atoms with Gasteiger partial charge < -0.3 is 5.32 Å². The zero-order valence-corrected chi connectivity index (χ0v) is 8.73. The zero-order chi connectivity index (χ0) is 9.10. The van der Waals surface area contributed by atoms with Crippen molar-refractivity contribution >= 4 is 11.8 Å². The van der Waals surface area contributed by atoms with Crippen molar-refractivity contribution in [1.82, 2.24) is 5.32 Å². The Kier molecular flexibility index (Phi) is 2.91. The van der Waals surface area contributed by atoms with E-state index in [0.717, 1.165) is 6.54 Å². The smallest absolute Gasteiger partial charge is 0.0412 e. The van der Waals surface area contributed by atoms with E-state index in [2.05, 4.69) is 36.5 Å². The van der Waals surface area contributed by atoms with E-state index in [0.29, 0.717) is 6.04 Å². The first-order valence-electron chi connectivity index (χ1n) is 4.74. The molecule has 0 saturated carbocycles. The van der Waals surface area contributed by atoms with Crippen LogP contribution in [0.4, 0.5) is 0 Å². The summed E-state index contributed by atoms with van der Waals surface area (Å²) < 4.78 is 0. The summed E-state index contributed by atoms with van der Waals surface area (Å²) in [6.45, 7) is 3.27. The van der Waals surface area contributed by atoms with Crippen LogP contribution in [0.2, 0.25) is 0 Å². The number of thioether (sulfide) groups is 1. The highest BCUT2D eigenvalue weighted by Gasteiger charge is 2.13. The topological polar surface area (TPSA) is 12.0 Å². The molecule has 1 fully saturated rings.